The number of nitrogens with zero attached hydrogens (tertiary/aromatic N) is 4. The topological polar surface area (TPSA) is 57.4 Å². The molecule has 298 valence electrons. The molecule has 8 aromatic carbocycles. The minimum absolute atomic E-state index is 0.327. The van der Waals surface area contributed by atoms with Crippen molar-refractivity contribution >= 4 is 66.0 Å². The number of para-hydroxylation sites is 2. The third-order valence-electron chi connectivity index (χ3n) is 14.2. The van der Waals surface area contributed by atoms with Gasteiger partial charge in [0, 0.05) is 27.0 Å². The Morgan fingerprint density at radius 1 is 0.540 bits per heavy atom. The van der Waals surface area contributed by atoms with Crippen LogP contribution in [0.4, 0.5) is 0 Å². The lowest BCUT2D eigenvalue weighted by molar-refractivity contribution is 0.537. The Kier molecular flexibility index (Phi) is 7.64. The van der Waals surface area contributed by atoms with Gasteiger partial charge < -0.3 is 9.13 Å². The normalized spacial score (nSPS) is 15.3. The molecule has 12 rings (SSSR count). The maximum atomic E-state index is 11.4. The van der Waals surface area contributed by atoms with Gasteiger partial charge in [0.15, 0.2) is 0 Å². The van der Waals surface area contributed by atoms with E-state index in [9.17, 15) is 10.5 Å². The molecule has 0 atom stereocenters. The maximum Gasteiger partial charge on any atom is 0.101 e. The summed E-state index contributed by atoms with van der Waals surface area (Å²) in [5.74, 6) is 0. The summed E-state index contributed by atoms with van der Waals surface area (Å²) in [6.45, 7) is 14.0. The second-order valence-electron chi connectivity index (χ2n) is 18.5. The van der Waals surface area contributed by atoms with Gasteiger partial charge in [-0.3, -0.25) is 0 Å². The lowest BCUT2D eigenvalue weighted by Gasteiger charge is -2.29. The van der Waals surface area contributed by atoms with Crippen molar-refractivity contribution in [3.05, 3.63) is 203 Å². The fourth-order valence-corrected chi connectivity index (χ4v) is 11.4. The highest BCUT2D eigenvalue weighted by atomic mass is 15.0. The van der Waals surface area contributed by atoms with E-state index < -0.39 is 0 Å². The Morgan fingerprint density at radius 3 is 1.75 bits per heavy atom. The van der Waals surface area contributed by atoms with Gasteiger partial charge in [0.05, 0.1) is 44.6 Å². The van der Waals surface area contributed by atoms with E-state index in [-0.39, 0.29) is 10.8 Å². The minimum atomic E-state index is -0.351. The quantitative estimate of drug-likeness (QED) is 0.175. The van der Waals surface area contributed by atoms with Crippen LogP contribution >= 0.6 is 0 Å². The molecule has 2 aromatic heterocycles. The Balaban J connectivity index is 1.18. The van der Waals surface area contributed by atoms with E-state index in [1.54, 1.807) is 0 Å². The van der Waals surface area contributed by atoms with E-state index >= 15 is 0 Å². The van der Waals surface area contributed by atoms with Crippen LogP contribution < -0.4 is 0 Å². The van der Waals surface area contributed by atoms with Crippen LogP contribution in [-0.2, 0) is 10.8 Å². The average molecular weight is 807 g/mol. The molecule has 2 aliphatic carbocycles. The van der Waals surface area contributed by atoms with E-state index in [4.69, 9.17) is 6.58 Å². The SMILES string of the molecule is C=C1c2ccccc2/C=C\CC(C)(C)c2c1ccc1c3ccccc3n(-c3cc(C#N)c(-n4c5ccccc5c5ccc6c(c54)C(C)(C)c4ccc5ccccc5c4-6)cc3C#N)c21. The van der Waals surface area contributed by atoms with Gasteiger partial charge in [-0.15, -0.1) is 0 Å². The van der Waals surface area contributed by atoms with Gasteiger partial charge in [-0.1, -0.05) is 168 Å². The summed E-state index contributed by atoms with van der Waals surface area (Å²) in [4.78, 5) is 0. The van der Waals surface area contributed by atoms with Crippen molar-refractivity contribution in [3.63, 3.8) is 0 Å². The number of aromatic nitrogens is 2. The van der Waals surface area contributed by atoms with Crippen LogP contribution in [-0.4, -0.2) is 9.13 Å². The summed E-state index contributed by atoms with van der Waals surface area (Å²) < 4.78 is 4.52. The van der Waals surface area contributed by atoms with Crippen molar-refractivity contribution in [2.24, 2.45) is 0 Å². The van der Waals surface area contributed by atoms with E-state index in [0.29, 0.717) is 22.5 Å². The Bertz CT molecular complexity index is 3810. The van der Waals surface area contributed by atoms with E-state index in [0.717, 1.165) is 72.3 Å². The van der Waals surface area contributed by atoms with Crippen LogP contribution in [0, 0.1) is 22.7 Å². The largest absolute Gasteiger partial charge is 0.308 e. The molecule has 0 bridgehead atoms. The molecule has 0 radical (unpaired) electrons. The number of benzene rings is 8. The summed E-state index contributed by atoms with van der Waals surface area (Å²) >= 11 is 0. The highest BCUT2D eigenvalue weighted by Gasteiger charge is 2.40. The highest BCUT2D eigenvalue weighted by molar-refractivity contribution is 6.16. The highest BCUT2D eigenvalue weighted by Crippen LogP contribution is 2.55. The molecule has 0 amide bonds. The van der Waals surface area contributed by atoms with Crippen LogP contribution in [0.1, 0.15) is 78.6 Å². The number of nitriles is 2. The lowest BCUT2D eigenvalue weighted by atomic mass is 9.76. The van der Waals surface area contributed by atoms with Gasteiger partial charge in [-0.05, 0) is 97.0 Å². The average Bonchev–Trinajstić information content (AvgIpc) is 3.91. The summed E-state index contributed by atoms with van der Waals surface area (Å²) in [6.07, 6.45) is 5.30. The van der Waals surface area contributed by atoms with Crippen LogP contribution in [0.25, 0.3) is 88.5 Å². The van der Waals surface area contributed by atoms with Crippen molar-refractivity contribution in [1.82, 2.24) is 9.13 Å². The zero-order valence-corrected chi connectivity index (χ0v) is 35.7. The minimum Gasteiger partial charge on any atom is -0.308 e. The predicted octanol–water partition coefficient (Wildman–Crippen LogP) is 14.8. The van der Waals surface area contributed by atoms with Gasteiger partial charge in [0.2, 0.25) is 0 Å². The van der Waals surface area contributed by atoms with Crippen molar-refractivity contribution in [2.45, 2.75) is 44.9 Å². The number of hydrogen-bond acceptors (Lipinski definition) is 2. The van der Waals surface area contributed by atoms with Crippen LogP contribution in [0.15, 0.2) is 158 Å². The molecule has 10 aromatic rings. The lowest BCUT2D eigenvalue weighted by Crippen LogP contribution is -2.20. The molecule has 4 nitrogen and oxygen atoms in total. The summed E-state index contributed by atoms with van der Waals surface area (Å²) in [7, 11) is 0. The second kappa shape index (κ2) is 13.0. The molecule has 0 saturated heterocycles. The van der Waals surface area contributed by atoms with Crippen molar-refractivity contribution < 1.29 is 0 Å². The number of fused-ring (bicyclic) bond motifs is 15. The molecule has 2 heterocycles. The smallest absolute Gasteiger partial charge is 0.101 e. The zero-order valence-electron chi connectivity index (χ0n) is 35.7. The molecule has 0 unspecified atom stereocenters. The van der Waals surface area contributed by atoms with Gasteiger partial charge in [0.1, 0.15) is 12.1 Å². The fourth-order valence-electron chi connectivity index (χ4n) is 11.4. The third-order valence-corrected chi connectivity index (χ3v) is 14.2. The molecular formula is C59H42N4. The molecule has 0 aliphatic heterocycles. The van der Waals surface area contributed by atoms with Gasteiger partial charge in [0.25, 0.3) is 0 Å². The molecule has 0 saturated carbocycles. The number of rotatable bonds is 2. The monoisotopic (exact) mass is 806 g/mol. The second-order valence-corrected chi connectivity index (χ2v) is 18.5. The summed E-state index contributed by atoms with van der Waals surface area (Å²) in [5.41, 5.74) is 16.2. The first-order valence-electron chi connectivity index (χ1n) is 21.7. The maximum absolute atomic E-state index is 11.4. The molecular weight excluding hydrogens is 765 g/mol. The zero-order chi connectivity index (χ0) is 42.9. The molecule has 0 spiro atoms. The van der Waals surface area contributed by atoms with Crippen LogP contribution in [0.5, 0.6) is 0 Å². The van der Waals surface area contributed by atoms with Gasteiger partial charge in [-0.25, -0.2) is 0 Å². The standard InChI is InChI=1S/C59H42N4/c1-35-40-18-8-6-15-36(40)17-14-30-58(2,3)54-41(35)25-26-45-43-20-10-12-22-49(43)62(56(45)54)51-31-39(34-61)52(32-38(51)33-60)63-50-23-13-11-21-44(50)46-27-28-47-53-42-19-9-7-16-37(42)24-29-48(53)59(4,5)55(47)57(46)63/h6-29,31-32H,1,30H2,2-5H3/b17-14-. The first kappa shape index (κ1) is 36.9. The van der Waals surface area contributed by atoms with Gasteiger partial charge >= 0.3 is 0 Å². The summed E-state index contributed by atoms with van der Waals surface area (Å²) in [6, 6.07) is 56.8. The van der Waals surface area contributed by atoms with E-state index in [1.165, 1.54) is 38.6 Å². The van der Waals surface area contributed by atoms with E-state index in [2.05, 4.69) is 195 Å². The molecule has 63 heavy (non-hydrogen) atoms. The Hall–Kier alpha value is -7.92. The Morgan fingerprint density at radius 2 is 1.10 bits per heavy atom. The first-order chi connectivity index (χ1) is 30.6. The number of hydrogen-bond donors (Lipinski definition) is 0. The number of allylic oxidation sites excluding steroid dienone is 1. The summed E-state index contributed by atoms with van der Waals surface area (Å²) in [5, 5.41) is 29.6. The Labute approximate surface area is 366 Å². The predicted molar refractivity (Wildman–Crippen MR) is 261 cm³/mol. The van der Waals surface area contributed by atoms with Crippen molar-refractivity contribution in [2.75, 3.05) is 0 Å². The van der Waals surface area contributed by atoms with E-state index in [1.807, 2.05) is 12.1 Å². The van der Waals surface area contributed by atoms with Crippen LogP contribution in [0.2, 0.25) is 0 Å². The molecule has 4 heteroatoms. The van der Waals surface area contributed by atoms with Crippen molar-refractivity contribution in [3.8, 4) is 34.6 Å². The first-order valence-corrected chi connectivity index (χ1v) is 21.7. The third kappa shape index (κ3) is 4.95. The fraction of sp³-hybridized carbons (Fsp3) is 0.119. The molecule has 0 N–H and O–H groups in total. The molecule has 2 aliphatic rings. The van der Waals surface area contributed by atoms with Crippen LogP contribution in [0.3, 0.4) is 0 Å². The van der Waals surface area contributed by atoms with Gasteiger partial charge in [-0.2, -0.15) is 10.5 Å². The molecule has 0 fully saturated rings. The van der Waals surface area contributed by atoms with Crippen molar-refractivity contribution in [1.29, 1.82) is 10.5 Å².